The van der Waals surface area contributed by atoms with E-state index >= 15 is 0 Å². The Kier molecular flexibility index (Phi) is 3.40. The van der Waals surface area contributed by atoms with Gasteiger partial charge in [0.05, 0.1) is 12.7 Å². The maximum absolute atomic E-state index is 11.3. The number of hydrogen-bond donors (Lipinski definition) is 1. The molecule has 0 aromatic heterocycles. The molecule has 1 aliphatic heterocycles. The first-order valence-corrected chi connectivity index (χ1v) is 7.20. The van der Waals surface area contributed by atoms with Gasteiger partial charge in [0.25, 0.3) is 0 Å². The zero-order valence-corrected chi connectivity index (χ0v) is 11.9. The predicted octanol–water partition coefficient (Wildman–Crippen LogP) is 3.64. The van der Waals surface area contributed by atoms with Crippen LogP contribution < -0.4 is 4.74 Å². The van der Waals surface area contributed by atoms with Crippen molar-refractivity contribution in [3.05, 3.63) is 53.1 Å². The Morgan fingerprint density at radius 1 is 1.20 bits per heavy atom. The third kappa shape index (κ3) is 2.27. The maximum atomic E-state index is 11.3. The second-order valence-corrected chi connectivity index (χ2v) is 5.75. The first kappa shape index (κ1) is 13.1. The molecule has 0 spiro atoms. The van der Waals surface area contributed by atoms with Crippen LogP contribution in [-0.2, 0) is 12.8 Å². The number of carboxylic acids is 1. The molecular weight excluding hydrogens is 272 g/mol. The van der Waals surface area contributed by atoms with Crippen LogP contribution in [0.25, 0.3) is 0 Å². The summed E-state index contributed by atoms with van der Waals surface area (Å²) in [5.74, 6) is -0.0141. The van der Waals surface area contributed by atoms with Gasteiger partial charge >= 0.3 is 5.97 Å². The molecule has 1 aliphatic rings. The SMILES string of the molecule is COc1ccc2c(c1)CCc1c(cccc1C(=O)O)S2. The highest BCUT2D eigenvalue weighted by Gasteiger charge is 2.19. The maximum Gasteiger partial charge on any atom is 0.336 e. The second kappa shape index (κ2) is 5.21. The fourth-order valence-electron chi connectivity index (χ4n) is 2.48. The topological polar surface area (TPSA) is 46.5 Å². The van der Waals surface area contributed by atoms with Crippen molar-refractivity contribution in [2.75, 3.05) is 7.11 Å². The van der Waals surface area contributed by atoms with Gasteiger partial charge in [0.1, 0.15) is 5.75 Å². The van der Waals surface area contributed by atoms with Crippen molar-refractivity contribution in [3.8, 4) is 5.75 Å². The van der Waals surface area contributed by atoms with Crippen molar-refractivity contribution in [3.63, 3.8) is 0 Å². The van der Waals surface area contributed by atoms with Gasteiger partial charge in [-0.1, -0.05) is 17.8 Å². The molecule has 0 amide bonds. The van der Waals surface area contributed by atoms with E-state index < -0.39 is 5.97 Å². The lowest BCUT2D eigenvalue weighted by atomic mass is 10.00. The summed E-state index contributed by atoms with van der Waals surface area (Å²) >= 11 is 1.64. The average Bonchev–Trinajstić information content (AvgIpc) is 2.64. The Bertz CT molecular complexity index is 679. The number of ether oxygens (including phenoxy) is 1. The van der Waals surface area contributed by atoms with Crippen molar-refractivity contribution < 1.29 is 14.6 Å². The van der Waals surface area contributed by atoms with Crippen LogP contribution in [0, 0.1) is 0 Å². The molecule has 102 valence electrons. The van der Waals surface area contributed by atoms with Gasteiger partial charge in [-0.15, -0.1) is 0 Å². The Morgan fingerprint density at radius 2 is 2.05 bits per heavy atom. The van der Waals surface area contributed by atoms with E-state index in [1.165, 1.54) is 10.5 Å². The standard InChI is InChI=1S/C16H14O3S/c1-19-11-6-8-14-10(9-11)5-7-12-13(16(17)18)3-2-4-15(12)20-14/h2-4,6,8-9H,5,7H2,1H3,(H,17,18). The number of methoxy groups -OCH3 is 1. The zero-order chi connectivity index (χ0) is 14.1. The third-order valence-electron chi connectivity index (χ3n) is 3.50. The molecule has 2 aromatic carbocycles. The normalized spacial score (nSPS) is 13.1. The number of aromatic carboxylic acids is 1. The molecular formula is C16H14O3S. The van der Waals surface area contributed by atoms with Gasteiger partial charge in [-0.2, -0.15) is 0 Å². The number of benzene rings is 2. The highest BCUT2D eigenvalue weighted by atomic mass is 32.2. The smallest absolute Gasteiger partial charge is 0.336 e. The van der Waals surface area contributed by atoms with Gasteiger partial charge < -0.3 is 9.84 Å². The Labute approximate surface area is 121 Å². The first-order valence-electron chi connectivity index (χ1n) is 6.39. The van der Waals surface area contributed by atoms with E-state index in [9.17, 15) is 9.90 Å². The average molecular weight is 286 g/mol. The summed E-state index contributed by atoms with van der Waals surface area (Å²) in [7, 11) is 1.66. The number of fused-ring (bicyclic) bond motifs is 2. The Balaban J connectivity index is 2.06. The number of rotatable bonds is 2. The minimum absolute atomic E-state index is 0.412. The number of aryl methyl sites for hydroxylation is 1. The largest absolute Gasteiger partial charge is 0.497 e. The van der Waals surface area contributed by atoms with Gasteiger partial charge in [0, 0.05) is 9.79 Å². The van der Waals surface area contributed by atoms with Crippen LogP contribution in [0.5, 0.6) is 5.75 Å². The van der Waals surface area contributed by atoms with E-state index in [4.69, 9.17) is 4.74 Å². The van der Waals surface area contributed by atoms with Crippen LogP contribution in [0.3, 0.4) is 0 Å². The summed E-state index contributed by atoms with van der Waals surface area (Å²) in [6, 6.07) is 11.5. The van der Waals surface area contributed by atoms with Crippen molar-refractivity contribution in [2.45, 2.75) is 22.6 Å². The third-order valence-corrected chi connectivity index (χ3v) is 4.72. The molecule has 0 atom stereocenters. The number of carbonyl (C=O) groups is 1. The highest BCUT2D eigenvalue weighted by molar-refractivity contribution is 7.99. The molecule has 0 fully saturated rings. The molecule has 1 N–H and O–H groups in total. The van der Waals surface area contributed by atoms with E-state index in [-0.39, 0.29) is 0 Å². The van der Waals surface area contributed by atoms with Gasteiger partial charge in [-0.3, -0.25) is 0 Å². The molecule has 1 heterocycles. The summed E-state index contributed by atoms with van der Waals surface area (Å²) in [6.07, 6.45) is 1.57. The lowest BCUT2D eigenvalue weighted by Crippen LogP contribution is -2.04. The van der Waals surface area contributed by atoms with Crippen molar-refractivity contribution in [1.82, 2.24) is 0 Å². The van der Waals surface area contributed by atoms with Crippen LogP contribution >= 0.6 is 11.8 Å². The van der Waals surface area contributed by atoms with Gasteiger partial charge in [0.15, 0.2) is 0 Å². The van der Waals surface area contributed by atoms with Gasteiger partial charge in [-0.25, -0.2) is 4.79 Å². The Hall–Kier alpha value is -1.94. The molecule has 0 bridgehead atoms. The molecule has 2 aromatic rings. The summed E-state index contributed by atoms with van der Waals surface area (Å²) in [5.41, 5.74) is 2.55. The minimum Gasteiger partial charge on any atom is -0.497 e. The van der Waals surface area contributed by atoms with Crippen LogP contribution in [0.1, 0.15) is 21.5 Å². The molecule has 0 unspecified atom stereocenters. The quantitative estimate of drug-likeness (QED) is 0.915. The summed E-state index contributed by atoms with van der Waals surface area (Å²) in [6.45, 7) is 0. The molecule has 3 rings (SSSR count). The molecule has 0 saturated carbocycles. The first-order chi connectivity index (χ1) is 9.69. The van der Waals surface area contributed by atoms with E-state index in [1.54, 1.807) is 24.9 Å². The second-order valence-electron chi connectivity index (χ2n) is 4.66. The number of hydrogen-bond acceptors (Lipinski definition) is 3. The van der Waals surface area contributed by atoms with Gasteiger partial charge in [0.2, 0.25) is 0 Å². The lowest BCUT2D eigenvalue weighted by Gasteiger charge is -2.08. The minimum atomic E-state index is -0.856. The Morgan fingerprint density at radius 3 is 2.80 bits per heavy atom. The van der Waals surface area contributed by atoms with Crippen molar-refractivity contribution >= 4 is 17.7 Å². The number of carboxylic acid groups (broad SMARTS) is 1. The molecule has 0 saturated heterocycles. The van der Waals surface area contributed by atoms with E-state index in [2.05, 4.69) is 0 Å². The molecule has 20 heavy (non-hydrogen) atoms. The van der Waals surface area contributed by atoms with E-state index in [1.807, 2.05) is 30.3 Å². The van der Waals surface area contributed by atoms with E-state index in [0.29, 0.717) is 5.56 Å². The fourth-order valence-corrected chi connectivity index (χ4v) is 3.62. The molecule has 0 aliphatic carbocycles. The van der Waals surface area contributed by atoms with Crippen LogP contribution in [-0.4, -0.2) is 18.2 Å². The van der Waals surface area contributed by atoms with Gasteiger partial charge in [-0.05, 0) is 54.3 Å². The molecule has 3 nitrogen and oxygen atoms in total. The van der Waals surface area contributed by atoms with Crippen LogP contribution in [0.4, 0.5) is 0 Å². The zero-order valence-electron chi connectivity index (χ0n) is 11.1. The predicted molar refractivity (Wildman–Crippen MR) is 77.9 cm³/mol. The molecule has 0 radical (unpaired) electrons. The summed E-state index contributed by atoms with van der Waals surface area (Å²) < 4.78 is 5.26. The summed E-state index contributed by atoms with van der Waals surface area (Å²) in [4.78, 5) is 13.5. The summed E-state index contributed by atoms with van der Waals surface area (Å²) in [5, 5.41) is 9.30. The fraction of sp³-hybridized carbons (Fsp3) is 0.188. The van der Waals surface area contributed by atoms with Crippen LogP contribution in [0.2, 0.25) is 0 Å². The van der Waals surface area contributed by atoms with Crippen LogP contribution in [0.15, 0.2) is 46.2 Å². The molecule has 4 heteroatoms. The monoisotopic (exact) mass is 286 g/mol. The van der Waals surface area contributed by atoms with E-state index in [0.717, 1.165) is 29.1 Å². The highest BCUT2D eigenvalue weighted by Crippen LogP contribution is 2.39. The van der Waals surface area contributed by atoms with Crippen molar-refractivity contribution in [2.24, 2.45) is 0 Å². The van der Waals surface area contributed by atoms with Crippen molar-refractivity contribution in [1.29, 1.82) is 0 Å². The lowest BCUT2D eigenvalue weighted by molar-refractivity contribution is 0.0695.